The highest BCUT2D eigenvalue weighted by Crippen LogP contribution is 2.34. The third-order valence-electron chi connectivity index (χ3n) is 7.83. The molecule has 1 rings (SSSR count). The zero-order valence-corrected chi connectivity index (χ0v) is 26.4. The lowest BCUT2D eigenvalue weighted by Crippen LogP contribution is -2.59. The molecule has 0 aromatic heterocycles. The summed E-state index contributed by atoms with van der Waals surface area (Å²) in [5.41, 5.74) is 0.0966. The van der Waals surface area contributed by atoms with Gasteiger partial charge in [0.15, 0.2) is 0 Å². The zero-order valence-electron chi connectivity index (χ0n) is 26.4. The van der Waals surface area contributed by atoms with E-state index in [0.29, 0.717) is 13.0 Å². The summed E-state index contributed by atoms with van der Waals surface area (Å²) in [5, 5.41) is 12.1. The van der Waals surface area contributed by atoms with Gasteiger partial charge in [0, 0.05) is 38.0 Å². The Morgan fingerprint density at radius 1 is 0.925 bits per heavy atom. The lowest BCUT2D eigenvalue weighted by molar-refractivity contribution is -0.144. The molecule has 0 saturated carbocycles. The molecule has 0 unspecified atom stereocenters. The molecule has 3 amide bonds. The van der Waals surface area contributed by atoms with Crippen molar-refractivity contribution in [3.05, 3.63) is 35.9 Å². The van der Waals surface area contributed by atoms with Gasteiger partial charge in [-0.15, -0.1) is 0 Å². The van der Waals surface area contributed by atoms with Crippen LogP contribution in [0.1, 0.15) is 67.4 Å². The molecule has 0 aliphatic rings. The molecular formula is C31H52N4O5. The molecule has 0 saturated heterocycles. The molecule has 0 fully saturated rings. The molecule has 1 aromatic carbocycles. The van der Waals surface area contributed by atoms with Gasteiger partial charge in [-0.05, 0) is 30.4 Å². The van der Waals surface area contributed by atoms with Gasteiger partial charge in [-0.1, -0.05) is 85.7 Å². The van der Waals surface area contributed by atoms with Gasteiger partial charge in [0.2, 0.25) is 17.7 Å². The van der Waals surface area contributed by atoms with Crippen LogP contribution in [-0.4, -0.2) is 96.4 Å². The minimum absolute atomic E-state index is 0.0290. The fourth-order valence-electron chi connectivity index (χ4n) is 5.16. The summed E-state index contributed by atoms with van der Waals surface area (Å²) in [6, 6.07) is 8.98. The van der Waals surface area contributed by atoms with Crippen LogP contribution in [0.4, 0.5) is 0 Å². The van der Waals surface area contributed by atoms with E-state index >= 15 is 0 Å². The average molecular weight is 561 g/mol. The SMILES string of the molecule is CC[C@H](C(=O)N[C@H](C(=O)N(C)[C@H](CN(C)CC(=O)N(C)CC(=O)O)C(C)C)C(C)(C)C)C(C)(C)c1ccccc1. The van der Waals surface area contributed by atoms with E-state index in [2.05, 4.69) is 19.2 Å². The number of rotatable bonds is 14. The molecule has 0 spiro atoms. The second-order valence-electron chi connectivity index (χ2n) is 13.0. The van der Waals surface area contributed by atoms with Gasteiger partial charge in [0.25, 0.3) is 0 Å². The monoisotopic (exact) mass is 560 g/mol. The summed E-state index contributed by atoms with van der Waals surface area (Å²) in [6.45, 7) is 16.1. The van der Waals surface area contributed by atoms with Crippen LogP contribution in [0.2, 0.25) is 0 Å². The minimum atomic E-state index is -1.07. The van der Waals surface area contributed by atoms with Crippen LogP contribution in [-0.2, 0) is 24.6 Å². The number of carboxylic acids is 1. The van der Waals surface area contributed by atoms with Gasteiger partial charge in [-0.3, -0.25) is 24.1 Å². The zero-order chi connectivity index (χ0) is 31.0. The van der Waals surface area contributed by atoms with E-state index in [9.17, 15) is 19.2 Å². The second kappa shape index (κ2) is 14.6. The van der Waals surface area contributed by atoms with Gasteiger partial charge in [-0.25, -0.2) is 0 Å². The topological polar surface area (TPSA) is 110 Å². The van der Waals surface area contributed by atoms with Gasteiger partial charge in [0.05, 0.1) is 6.54 Å². The molecule has 0 heterocycles. The van der Waals surface area contributed by atoms with Crippen molar-refractivity contribution in [3.63, 3.8) is 0 Å². The van der Waals surface area contributed by atoms with E-state index in [1.165, 1.54) is 11.9 Å². The Bertz CT molecular complexity index is 1000. The quantitative estimate of drug-likeness (QED) is 0.361. The smallest absolute Gasteiger partial charge is 0.323 e. The number of nitrogens with zero attached hydrogens (tertiary/aromatic N) is 3. The summed E-state index contributed by atoms with van der Waals surface area (Å²) < 4.78 is 0. The lowest BCUT2D eigenvalue weighted by atomic mass is 9.71. The first-order valence-electron chi connectivity index (χ1n) is 14.1. The molecule has 0 aliphatic heterocycles. The highest BCUT2D eigenvalue weighted by molar-refractivity contribution is 5.90. The molecule has 0 aliphatic carbocycles. The lowest BCUT2D eigenvalue weighted by Gasteiger charge is -2.41. The number of carbonyl (C=O) groups is 4. The van der Waals surface area contributed by atoms with E-state index in [-0.39, 0.29) is 48.7 Å². The Morgan fingerprint density at radius 2 is 1.48 bits per heavy atom. The van der Waals surface area contributed by atoms with Crippen LogP contribution in [0.25, 0.3) is 0 Å². The summed E-state index contributed by atoms with van der Waals surface area (Å²) in [4.78, 5) is 55.8. The molecule has 0 bridgehead atoms. The van der Waals surface area contributed by atoms with Crippen LogP contribution in [0.5, 0.6) is 0 Å². The fraction of sp³-hybridized carbons (Fsp3) is 0.677. The molecule has 3 atom stereocenters. The molecule has 9 nitrogen and oxygen atoms in total. The van der Waals surface area contributed by atoms with Crippen LogP contribution < -0.4 is 5.32 Å². The molecular weight excluding hydrogens is 508 g/mol. The summed E-state index contributed by atoms with van der Waals surface area (Å²) in [6.07, 6.45) is 0.623. The van der Waals surface area contributed by atoms with E-state index in [0.717, 1.165) is 5.56 Å². The number of benzene rings is 1. The largest absolute Gasteiger partial charge is 0.480 e. The van der Waals surface area contributed by atoms with Crippen molar-refractivity contribution in [2.75, 3.05) is 40.8 Å². The molecule has 1 aromatic rings. The predicted molar refractivity (Wildman–Crippen MR) is 159 cm³/mol. The Balaban J connectivity index is 3.14. The maximum absolute atomic E-state index is 14.0. The van der Waals surface area contributed by atoms with Gasteiger partial charge in [-0.2, -0.15) is 0 Å². The first-order chi connectivity index (χ1) is 18.3. The van der Waals surface area contributed by atoms with E-state index < -0.39 is 22.8 Å². The highest BCUT2D eigenvalue weighted by atomic mass is 16.4. The first-order valence-corrected chi connectivity index (χ1v) is 14.1. The fourth-order valence-corrected chi connectivity index (χ4v) is 5.16. The van der Waals surface area contributed by atoms with Crippen LogP contribution in [0, 0.1) is 17.3 Å². The average Bonchev–Trinajstić information content (AvgIpc) is 2.84. The second-order valence-corrected chi connectivity index (χ2v) is 13.0. The van der Waals surface area contributed by atoms with Crippen molar-refractivity contribution in [3.8, 4) is 0 Å². The van der Waals surface area contributed by atoms with Gasteiger partial charge >= 0.3 is 5.97 Å². The maximum Gasteiger partial charge on any atom is 0.323 e. The van der Waals surface area contributed by atoms with Gasteiger partial charge in [0.1, 0.15) is 12.6 Å². The standard InChI is InChI=1S/C31H52N4O5/c1-12-23(31(7,8)22-16-14-13-15-17-22)28(39)32-27(30(4,5)6)29(40)35(11)24(21(2)3)18-33(9)19-25(36)34(10)20-26(37)38/h13-17,21,23-24,27H,12,18-20H2,1-11H3,(H,32,39)(H,37,38)/t23-,24-,27-/m1/s1. The van der Waals surface area contributed by atoms with Gasteiger partial charge < -0.3 is 20.2 Å². The summed E-state index contributed by atoms with van der Waals surface area (Å²) in [5.74, 6) is -1.99. The Hall–Kier alpha value is -2.94. The van der Waals surface area contributed by atoms with Crippen LogP contribution in [0.3, 0.4) is 0 Å². The number of amides is 3. The predicted octanol–water partition coefficient (Wildman–Crippen LogP) is 3.48. The molecule has 9 heteroatoms. The van der Waals surface area contributed by atoms with Crippen molar-refractivity contribution in [2.45, 2.75) is 79.3 Å². The number of hydrogen-bond acceptors (Lipinski definition) is 5. The number of aliphatic carboxylic acids is 1. The molecule has 40 heavy (non-hydrogen) atoms. The van der Waals surface area contributed by atoms with Crippen molar-refractivity contribution in [1.29, 1.82) is 0 Å². The third-order valence-corrected chi connectivity index (χ3v) is 7.83. The van der Waals surface area contributed by atoms with Crippen molar-refractivity contribution in [2.24, 2.45) is 17.3 Å². The number of likely N-dealkylation sites (N-methyl/N-ethyl adjacent to an activating group) is 3. The van der Waals surface area contributed by atoms with Crippen LogP contribution in [0.15, 0.2) is 30.3 Å². The number of carboxylic acid groups (broad SMARTS) is 1. The van der Waals surface area contributed by atoms with Crippen molar-refractivity contribution in [1.82, 2.24) is 20.0 Å². The Kier molecular flexibility index (Phi) is 12.8. The molecule has 226 valence electrons. The van der Waals surface area contributed by atoms with Crippen LogP contribution >= 0.6 is 0 Å². The van der Waals surface area contributed by atoms with E-state index in [4.69, 9.17) is 5.11 Å². The highest BCUT2D eigenvalue weighted by Gasteiger charge is 2.41. The third kappa shape index (κ3) is 9.61. The van der Waals surface area contributed by atoms with Crippen molar-refractivity contribution < 1.29 is 24.3 Å². The van der Waals surface area contributed by atoms with Crippen molar-refractivity contribution >= 4 is 23.7 Å². The van der Waals surface area contributed by atoms with E-state index in [1.54, 1.807) is 23.9 Å². The maximum atomic E-state index is 14.0. The Labute approximate surface area is 241 Å². The summed E-state index contributed by atoms with van der Waals surface area (Å²) in [7, 11) is 4.98. The van der Waals surface area contributed by atoms with E-state index in [1.807, 2.05) is 71.9 Å². The summed E-state index contributed by atoms with van der Waals surface area (Å²) >= 11 is 0. The molecule has 0 radical (unpaired) electrons. The number of nitrogens with one attached hydrogen (secondary N) is 1. The Morgan fingerprint density at radius 3 is 1.93 bits per heavy atom. The number of hydrogen-bond donors (Lipinski definition) is 2. The first kappa shape index (κ1) is 35.1. The minimum Gasteiger partial charge on any atom is -0.480 e. The molecule has 2 N–H and O–H groups in total. The normalized spacial score (nSPS) is 14.4. The number of carbonyl (C=O) groups excluding carboxylic acids is 3.